The van der Waals surface area contributed by atoms with E-state index in [2.05, 4.69) is 161 Å². The molecule has 10 aromatic rings. The van der Waals surface area contributed by atoms with E-state index >= 15 is 0 Å². The number of allylic oxidation sites excluding steroid dienone is 2. The standard InChI is InChI=1S/C48H34N2O/c1-3-11-35(12-4-1)49-43-17-9-7-15-37(43)40-27-31(20-24-44(40)49)32-21-25-45-41(28-32)42-29-33(22-26-46(42)50(45)36-13-5-2-6-14-36)34-19-23-39-38-16-8-10-18-47(38)51-48(39)30-34/h1-3,5-10,13-30,35H,4,11-12H2. The van der Waals surface area contributed by atoms with E-state index in [0.29, 0.717) is 6.04 Å². The molecule has 3 nitrogen and oxygen atoms in total. The van der Waals surface area contributed by atoms with Crippen LogP contribution in [0.25, 0.3) is 93.5 Å². The van der Waals surface area contributed by atoms with Gasteiger partial charge >= 0.3 is 0 Å². The van der Waals surface area contributed by atoms with E-state index in [1.165, 1.54) is 66.7 Å². The minimum atomic E-state index is 0.491. The average Bonchev–Trinajstić information content (AvgIpc) is 3.85. The molecule has 0 radical (unpaired) electrons. The van der Waals surface area contributed by atoms with Crippen LogP contribution < -0.4 is 0 Å². The van der Waals surface area contributed by atoms with Crippen molar-refractivity contribution < 1.29 is 4.42 Å². The van der Waals surface area contributed by atoms with Gasteiger partial charge in [-0.05, 0) is 114 Å². The Kier molecular flexibility index (Phi) is 6.20. The molecule has 1 aliphatic rings. The first kappa shape index (κ1) is 28.5. The van der Waals surface area contributed by atoms with Crippen molar-refractivity contribution in [3.63, 3.8) is 0 Å². The lowest BCUT2D eigenvalue weighted by molar-refractivity contribution is 0.485. The summed E-state index contributed by atoms with van der Waals surface area (Å²) in [6.45, 7) is 0. The van der Waals surface area contributed by atoms with Crippen molar-refractivity contribution in [2.45, 2.75) is 25.3 Å². The molecule has 0 saturated heterocycles. The van der Waals surface area contributed by atoms with Crippen LogP contribution in [0.1, 0.15) is 25.3 Å². The summed E-state index contributed by atoms with van der Waals surface area (Å²) >= 11 is 0. The van der Waals surface area contributed by atoms with Crippen molar-refractivity contribution in [3.05, 3.63) is 164 Å². The van der Waals surface area contributed by atoms with E-state index in [9.17, 15) is 0 Å². The molecule has 0 amide bonds. The molecule has 0 bridgehead atoms. The van der Waals surface area contributed by atoms with E-state index in [1.807, 2.05) is 12.1 Å². The quantitative estimate of drug-likeness (QED) is 0.173. The zero-order valence-corrected chi connectivity index (χ0v) is 28.1. The Balaban J connectivity index is 1.10. The summed E-state index contributed by atoms with van der Waals surface area (Å²) in [5.41, 5.74) is 12.8. The summed E-state index contributed by atoms with van der Waals surface area (Å²) in [4.78, 5) is 0. The first-order valence-corrected chi connectivity index (χ1v) is 18.0. The fourth-order valence-electron chi connectivity index (χ4n) is 8.73. The summed E-state index contributed by atoms with van der Waals surface area (Å²) in [6.07, 6.45) is 8.10. The minimum Gasteiger partial charge on any atom is -0.456 e. The van der Waals surface area contributed by atoms with E-state index in [0.717, 1.165) is 46.0 Å². The Morgan fingerprint density at radius 2 is 1.00 bits per heavy atom. The van der Waals surface area contributed by atoms with Gasteiger partial charge in [-0.3, -0.25) is 0 Å². The van der Waals surface area contributed by atoms with E-state index in [-0.39, 0.29) is 0 Å². The lowest BCUT2D eigenvalue weighted by atomic mass is 9.98. The van der Waals surface area contributed by atoms with Gasteiger partial charge in [0, 0.05) is 55.1 Å². The highest BCUT2D eigenvalue weighted by Crippen LogP contribution is 2.41. The predicted octanol–water partition coefficient (Wildman–Crippen LogP) is 13.4. The van der Waals surface area contributed by atoms with Crippen molar-refractivity contribution >= 4 is 65.6 Å². The van der Waals surface area contributed by atoms with Gasteiger partial charge in [0.2, 0.25) is 0 Å². The monoisotopic (exact) mass is 654 g/mol. The number of hydrogen-bond acceptors (Lipinski definition) is 1. The molecule has 1 aliphatic carbocycles. The highest BCUT2D eigenvalue weighted by Gasteiger charge is 2.20. The first-order valence-electron chi connectivity index (χ1n) is 18.0. The molecule has 0 spiro atoms. The molecule has 242 valence electrons. The Morgan fingerprint density at radius 3 is 1.73 bits per heavy atom. The third-order valence-corrected chi connectivity index (χ3v) is 11.1. The molecule has 1 unspecified atom stereocenters. The average molecular weight is 655 g/mol. The SMILES string of the molecule is C1=CCC(n2c3ccccc3c3cc(-c4ccc5c(c4)c4cc(-c6ccc7c(c6)oc6ccccc67)ccc4n5-c4ccccc4)ccc32)CC1. The third-order valence-electron chi connectivity index (χ3n) is 11.1. The van der Waals surface area contributed by atoms with E-state index in [4.69, 9.17) is 4.42 Å². The number of fused-ring (bicyclic) bond motifs is 9. The van der Waals surface area contributed by atoms with Crippen LogP contribution >= 0.6 is 0 Å². The molecule has 3 aromatic heterocycles. The highest BCUT2D eigenvalue weighted by molar-refractivity contribution is 6.13. The number of para-hydroxylation sites is 3. The molecule has 7 aromatic carbocycles. The van der Waals surface area contributed by atoms with Crippen LogP contribution in [0, 0.1) is 0 Å². The first-order chi connectivity index (χ1) is 25.3. The third kappa shape index (κ3) is 4.38. The molecule has 51 heavy (non-hydrogen) atoms. The predicted molar refractivity (Wildman–Crippen MR) is 214 cm³/mol. The van der Waals surface area contributed by atoms with Gasteiger partial charge < -0.3 is 13.6 Å². The molecular formula is C48H34N2O. The fourth-order valence-corrected chi connectivity index (χ4v) is 8.73. The second-order valence-corrected chi connectivity index (χ2v) is 14.0. The normalized spacial score (nSPS) is 14.9. The summed E-state index contributed by atoms with van der Waals surface area (Å²) in [5.74, 6) is 0. The van der Waals surface area contributed by atoms with Crippen LogP contribution in [-0.2, 0) is 0 Å². The summed E-state index contributed by atoms with van der Waals surface area (Å²) in [5, 5.41) is 7.44. The second-order valence-electron chi connectivity index (χ2n) is 14.0. The fraction of sp³-hybridized carbons (Fsp3) is 0.0833. The van der Waals surface area contributed by atoms with Gasteiger partial charge in [-0.2, -0.15) is 0 Å². The largest absolute Gasteiger partial charge is 0.456 e. The van der Waals surface area contributed by atoms with Crippen LogP contribution in [-0.4, -0.2) is 9.13 Å². The number of furan rings is 1. The molecule has 0 saturated carbocycles. The number of aromatic nitrogens is 2. The van der Waals surface area contributed by atoms with Crippen LogP contribution in [0.5, 0.6) is 0 Å². The molecular weight excluding hydrogens is 621 g/mol. The van der Waals surface area contributed by atoms with Gasteiger partial charge in [0.05, 0.1) is 11.0 Å². The lowest BCUT2D eigenvalue weighted by Gasteiger charge is -2.22. The van der Waals surface area contributed by atoms with Gasteiger partial charge in [-0.25, -0.2) is 0 Å². The van der Waals surface area contributed by atoms with Crippen LogP contribution in [0.3, 0.4) is 0 Å². The topological polar surface area (TPSA) is 23.0 Å². The maximum atomic E-state index is 6.28. The van der Waals surface area contributed by atoms with E-state index < -0.39 is 0 Å². The van der Waals surface area contributed by atoms with Crippen LogP contribution in [0.15, 0.2) is 168 Å². The summed E-state index contributed by atoms with van der Waals surface area (Å²) in [6, 6.07) is 56.0. The molecule has 1 atom stereocenters. The van der Waals surface area contributed by atoms with Crippen LogP contribution in [0.4, 0.5) is 0 Å². The van der Waals surface area contributed by atoms with Crippen molar-refractivity contribution in [1.29, 1.82) is 0 Å². The molecule has 0 fully saturated rings. The Morgan fingerprint density at radius 1 is 0.431 bits per heavy atom. The van der Waals surface area contributed by atoms with Gasteiger partial charge in [0.1, 0.15) is 11.2 Å². The number of nitrogens with zero attached hydrogens (tertiary/aromatic N) is 2. The summed E-state index contributed by atoms with van der Waals surface area (Å²) < 4.78 is 11.3. The minimum absolute atomic E-state index is 0.491. The van der Waals surface area contributed by atoms with Crippen molar-refractivity contribution in [1.82, 2.24) is 9.13 Å². The van der Waals surface area contributed by atoms with Gasteiger partial charge in [-0.15, -0.1) is 0 Å². The maximum absolute atomic E-state index is 6.28. The van der Waals surface area contributed by atoms with Crippen molar-refractivity contribution in [2.75, 3.05) is 0 Å². The highest BCUT2D eigenvalue weighted by atomic mass is 16.3. The maximum Gasteiger partial charge on any atom is 0.136 e. The van der Waals surface area contributed by atoms with Gasteiger partial charge in [0.25, 0.3) is 0 Å². The Bertz CT molecular complexity index is 3010. The smallest absolute Gasteiger partial charge is 0.136 e. The zero-order valence-electron chi connectivity index (χ0n) is 28.1. The second kappa shape index (κ2) is 11.1. The Labute approximate surface area is 295 Å². The Hall–Kier alpha value is -6.32. The molecule has 3 heterocycles. The molecule has 0 aliphatic heterocycles. The lowest BCUT2D eigenvalue weighted by Crippen LogP contribution is -2.09. The number of benzene rings is 7. The zero-order chi connectivity index (χ0) is 33.5. The van der Waals surface area contributed by atoms with Crippen LogP contribution in [0.2, 0.25) is 0 Å². The molecule has 3 heteroatoms. The molecule has 11 rings (SSSR count). The van der Waals surface area contributed by atoms with Gasteiger partial charge in [0.15, 0.2) is 0 Å². The summed E-state index contributed by atoms with van der Waals surface area (Å²) in [7, 11) is 0. The molecule has 0 N–H and O–H groups in total. The number of rotatable bonds is 4. The van der Waals surface area contributed by atoms with E-state index in [1.54, 1.807) is 0 Å². The van der Waals surface area contributed by atoms with Crippen molar-refractivity contribution in [2.24, 2.45) is 0 Å². The number of hydrogen-bond donors (Lipinski definition) is 0. The van der Waals surface area contributed by atoms with Crippen molar-refractivity contribution in [3.8, 4) is 27.9 Å². The van der Waals surface area contributed by atoms with Gasteiger partial charge in [-0.1, -0.05) is 91.0 Å².